The highest BCUT2D eigenvalue weighted by Gasteiger charge is 2.31. The van der Waals surface area contributed by atoms with Crippen molar-refractivity contribution < 1.29 is 14.4 Å². The summed E-state index contributed by atoms with van der Waals surface area (Å²) in [6.07, 6.45) is 1.70. The molecule has 8 heteroatoms. The van der Waals surface area contributed by atoms with Crippen LogP contribution in [0.1, 0.15) is 35.3 Å². The van der Waals surface area contributed by atoms with Gasteiger partial charge in [-0.25, -0.2) is 0 Å². The van der Waals surface area contributed by atoms with Gasteiger partial charge in [-0.15, -0.1) is 0 Å². The number of rotatable bonds is 7. The Morgan fingerprint density at radius 2 is 1.75 bits per heavy atom. The minimum Gasteiger partial charge on any atom is -0.355 e. The fourth-order valence-electron chi connectivity index (χ4n) is 3.29. The van der Waals surface area contributed by atoms with Gasteiger partial charge in [-0.3, -0.25) is 19.3 Å². The molecule has 0 atom stereocenters. The molecule has 1 fully saturated rings. The molecule has 1 aliphatic rings. The van der Waals surface area contributed by atoms with Crippen molar-refractivity contribution in [1.29, 1.82) is 0 Å². The van der Waals surface area contributed by atoms with Crippen molar-refractivity contribution in [3.8, 4) is 0 Å². The van der Waals surface area contributed by atoms with Crippen LogP contribution in [-0.2, 0) is 9.59 Å². The second-order valence-electron chi connectivity index (χ2n) is 7.36. The Bertz CT molecular complexity index is 1060. The smallest absolute Gasteiger partial charge is 0.281 e. The maximum atomic E-state index is 12.9. The van der Waals surface area contributed by atoms with Gasteiger partial charge in [-0.2, -0.15) is 0 Å². The number of amides is 3. The van der Waals surface area contributed by atoms with Gasteiger partial charge >= 0.3 is 0 Å². The van der Waals surface area contributed by atoms with Crippen molar-refractivity contribution in [3.05, 3.63) is 70.9 Å². The van der Waals surface area contributed by atoms with Crippen LogP contribution >= 0.6 is 12.2 Å². The summed E-state index contributed by atoms with van der Waals surface area (Å²) in [6.45, 7) is 6.60. The lowest BCUT2D eigenvalue weighted by Crippen LogP contribution is -2.40. The molecule has 1 heterocycles. The van der Waals surface area contributed by atoms with E-state index in [4.69, 9.17) is 12.2 Å². The molecule has 1 aliphatic heterocycles. The Morgan fingerprint density at radius 1 is 1.09 bits per heavy atom. The lowest BCUT2D eigenvalue weighted by atomic mass is 10.1. The zero-order chi connectivity index (χ0) is 23.3. The van der Waals surface area contributed by atoms with Crippen molar-refractivity contribution >= 4 is 46.8 Å². The number of hydrogen-bond acceptors (Lipinski definition) is 4. The molecule has 0 unspecified atom stereocenters. The van der Waals surface area contributed by atoms with E-state index in [2.05, 4.69) is 10.6 Å². The second kappa shape index (κ2) is 10.2. The fourth-order valence-corrected chi connectivity index (χ4v) is 3.59. The first kappa shape index (κ1) is 23.1. The summed E-state index contributed by atoms with van der Waals surface area (Å²) < 4.78 is 0. The van der Waals surface area contributed by atoms with Crippen LogP contribution in [0.2, 0.25) is 0 Å². The molecular formula is C24H26N4O3S. The monoisotopic (exact) mass is 450 g/mol. The summed E-state index contributed by atoms with van der Waals surface area (Å²) in [5, 5.41) is 5.98. The van der Waals surface area contributed by atoms with Crippen LogP contribution in [0.15, 0.2) is 54.2 Å². The number of likely N-dealkylation sites (N-methyl/N-ethyl adjacent to an activating group) is 2. The Hall–Kier alpha value is -3.52. The maximum absolute atomic E-state index is 12.9. The molecule has 3 rings (SSSR count). The molecule has 166 valence electrons. The van der Waals surface area contributed by atoms with Gasteiger partial charge in [0.1, 0.15) is 5.70 Å². The zero-order valence-corrected chi connectivity index (χ0v) is 19.2. The molecular weight excluding hydrogens is 424 g/mol. The summed E-state index contributed by atoms with van der Waals surface area (Å²) in [4.78, 5) is 40.4. The quantitative estimate of drug-likeness (QED) is 0.501. The molecule has 0 radical (unpaired) electrons. The minimum atomic E-state index is -0.238. The summed E-state index contributed by atoms with van der Waals surface area (Å²) >= 11 is 5.35. The van der Waals surface area contributed by atoms with Gasteiger partial charge in [0.2, 0.25) is 5.91 Å². The van der Waals surface area contributed by atoms with E-state index in [9.17, 15) is 14.4 Å². The van der Waals surface area contributed by atoms with Crippen molar-refractivity contribution in [2.45, 2.75) is 20.8 Å². The van der Waals surface area contributed by atoms with Crippen LogP contribution in [0.25, 0.3) is 6.08 Å². The van der Waals surface area contributed by atoms with E-state index in [1.54, 1.807) is 30.3 Å². The Kier molecular flexibility index (Phi) is 7.37. The number of aryl methyl sites for hydroxylation is 1. The highest BCUT2D eigenvalue weighted by Crippen LogP contribution is 2.23. The highest BCUT2D eigenvalue weighted by atomic mass is 32.1. The summed E-state index contributed by atoms with van der Waals surface area (Å²) in [5.41, 5.74) is 3.38. The summed E-state index contributed by atoms with van der Waals surface area (Å²) in [7, 11) is 0. The number of nitrogens with zero attached hydrogens (tertiary/aromatic N) is 2. The molecule has 1 saturated heterocycles. The van der Waals surface area contributed by atoms with Crippen LogP contribution in [0.3, 0.4) is 0 Å². The van der Waals surface area contributed by atoms with Crippen molar-refractivity contribution in [1.82, 2.24) is 15.5 Å². The minimum absolute atomic E-state index is 0.0136. The van der Waals surface area contributed by atoms with Crippen molar-refractivity contribution in [2.24, 2.45) is 0 Å². The third kappa shape index (κ3) is 5.20. The van der Waals surface area contributed by atoms with Gasteiger partial charge in [-0.1, -0.05) is 29.8 Å². The van der Waals surface area contributed by atoms with Crippen LogP contribution in [0.4, 0.5) is 5.69 Å². The SMILES string of the molecule is CCNC(=O)CN(CC)C(=O)c1ccc(/C=C2/NC(=S)N(c3ccc(C)cc3)C2=O)cc1. The third-order valence-corrected chi connectivity index (χ3v) is 5.30. The van der Waals surface area contributed by atoms with Gasteiger partial charge in [0.25, 0.3) is 11.8 Å². The predicted molar refractivity (Wildman–Crippen MR) is 129 cm³/mol. The largest absolute Gasteiger partial charge is 0.355 e. The van der Waals surface area contributed by atoms with Crippen LogP contribution in [0, 0.1) is 6.92 Å². The number of benzene rings is 2. The first-order chi connectivity index (χ1) is 15.3. The topological polar surface area (TPSA) is 81.8 Å². The first-order valence-corrected chi connectivity index (χ1v) is 10.8. The van der Waals surface area contributed by atoms with E-state index in [0.717, 1.165) is 11.1 Å². The van der Waals surface area contributed by atoms with Crippen molar-refractivity contribution in [2.75, 3.05) is 24.5 Å². The molecule has 0 saturated carbocycles. The highest BCUT2D eigenvalue weighted by molar-refractivity contribution is 7.80. The van der Waals surface area contributed by atoms with Crippen LogP contribution in [-0.4, -0.2) is 47.4 Å². The maximum Gasteiger partial charge on any atom is 0.281 e. The van der Waals surface area contributed by atoms with Gasteiger partial charge in [0, 0.05) is 18.7 Å². The molecule has 2 aromatic rings. The van der Waals surface area contributed by atoms with Gasteiger partial charge in [0.05, 0.1) is 12.2 Å². The Morgan fingerprint density at radius 3 is 2.34 bits per heavy atom. The van der Waals surface area contributed by atoms with E-state index < -0.39 is 0 Å². The van der Waals surface area contributed by atoms with Gasteiger partial charge in [0.15, 0.2) is 5.11 Å². The number of carbonyl (C=O) groups is 3. The molecule has 3 amide bonds. The fraction of sp³-hybridized carbons (Fsp3) is 0.250. The number of nitrogens with one attached hydrogen (secondary N) is 2. The normalized spacial score (nSPS) is 14.5. The lowest BCUT2D eigenvalue weighted by molar-refractivity contribution is -0.121. The molecule has 7 nitrogen and oxygen atoms in total. The second-order valence-corrected chi connectivity index (χ2v) is 7.75. The first-order valence-electron chi connectivity index (χ1n) is 10.4. The Labute approximate surface area is 193 Å². The van der Waals surface area contributed by atoms with Gasteiger partial charge < -0.3 is 15.5 Å². The van der Waals surface area contributed by atoms with Crippen LogP contribution in [0.5, 0.6) is 0 Å². The molecule has 32 heavy (non-hydrogen) atoms. The van der Waals surface area contributed by atoms with E-state index in [1.165, 1.54) is 9.80 Å². The van der Waals surface area contributed by atoms with Crippen molar-refractivity contribution in [3.63, 3.8) is 0 Å². The summed E-state index contributed by atoms with van der Waals surface area (Å²) in [5.74, 6) is -0.651. The standard InChI is InChI=1S/C24H26N4O3S/c1-4-25-21(29)15-27(5-2)22(30)18-10-8-17(9-11-18)14-20-23(31)28(24(32)26-20)19-12-6-16(3)7-13-19/h6-14H,4-5,15H2,1-3H3,(H,25,29)(H,26,32)/b20-14+. The van der Waals surface area contributed by atoms with E-state index in [0.29, 0.717) is 35.1 Å². The predicted octanol–water partition coefficient (Wildman–Crippen LogP) is 2.86. The molecule has 0 spiro atoms. The average Bonchev–Trinajstić information content (AvgIpc) is 3.06. The summed E-state index contributed by atoms with van der Waals surface area (Å²) in [6, 6.07) is 14.4. The molecule has 2 aromatic carbocycles. The molecule has 0 aromatic heterocycles. The molecule has 2 N–H and O–H groups in total. The zero-order valence-electron chi connectivity index (χ0n) is 18.3. The molecule has 0 bridgehead atoms. The van der Waals surface area contributed by atoms with E-state index in [1.807, 2.05) is 45.0 Å². The third-order valence-electron chi connectivity index (χ3n) is 5.02. The lowest BCUT2D eigenvalue weighted by Gasteiger charge is -2.20. The van der Waals surface area contributed by atoms with Gasteiger partial charge in [-0.05, 0) is 68.9 Å². The number of hydrogen-bond donors (Lipinski definition) is 2. The van der Waals surface area contributed by atoms with E-state index in [-0.39, 0.29) is 24.3 Å². The number of carbonyl (C=O) groups excluding carboxylic acids is 3. The molecule has 0 aliphatic carbocycles. The van der Waals surface area contributed by atoms with Crippen LogP contribution < -0.4 is 15.5 Å². The Balaban J connectivity index is 1.74. The number of thiocarbonyl (C=S) groups is 1. The number of anilines is 1. The van der Waals surface area contributed by atoms with E-state index >= 15 is 0 Å². The average molecular weight is 451 g/mol.